The average molecular weight is 359 g/mol. The Labute approximate surface area is 150 Å². The minimum atomic E-state index is 0.252. The molecule has 5 heteroatoms. The van der Waals surface area contributed by atoms with Gasteiger partial charge in [-0.05, 0) is 48.9 Å². The molecule has 0 radical (unpaired) electrons. The summed E-state index contributed by atoms with van der Waals surface area (Å²) < 4.78 is 2.05. The molecule has 0 bridgehead atoms. The summed E-state index contributed by atoms with van der Waals surface area (Å²) in [7, 11) is 0. The third-order valence-electron chi connectivity index (χ3n) is 3.67. The number of imidazole rings is 1. The summed E-state index contributed by atoms with van der Waals surface area (Å²) >= 11 is 12.2. The number of nitrogens with zero attached hydrogens (tertiary/aromatic N) is 2. The van der Waals surface area contributed by atoms with Crippen LogP contribution in [0.2, 0.25) is 10.0 Å². The van der Waals surface area contributed by atoms with Crippen molar-refractivity contribution in [3.8, 4) is 17.0 Å². The van der Waals surface area contributed by atoms with Gasteiger partial charge < -0.3 is 9.67 Å². The van der Waals surface area contributed by atoms with E-state index in [4.69, 9.17) is 23.2 Å². The Morgan fingerprint density at radius 1 is 1.08 bits per heavy atom. The second-order valence-corrected chi connectivity index (χ2v) is 6.16. The highest BCUT2D eigenvalue weighted by molar-refractivity contribution is 6.36. The van der Waals surface area contributed by atoms with Crippen molar-refractivity contribution >= 4 is 35.4 Å². The second kappa shape index (κ2) is 7.12. The molecule has 24 heavy (non-hydrogen) atoms. The molecule has 0 unspecified atom stereocenters. The average Bonchev–Trinajstić information content (AvgIpc) is 2.97. The molecule has 0 saturated carbocycles. The molecule has 1 aromatic heterocycles. The fraction of sp³-hybridized carbons (Fsp3) is 0.105. The molecule has 0 saturated heterocycles. The van der Waals surface area contributed by atoms with Crippen molar-refractivity contribution in [3.05, 3.63) is 70.1 Å². The van der Waals surface area contributed by atoms with Gasteiger partial charge in [0.25, 0.3) is 0 Å². The molecule has 0 aliphatic carbocycles. The lowest BCUT2D eigenvalue weighted by molar-refractivity contribution is 0.475. The minimum Gasteiger partial charge on any atom is -0.508 e. The summed E-state index contributed by atoms with van der Waals surface area (Å²) in [5.74, 6) is 1.09. The van der Waals surface area contributed by atoms with Crippen LogP contribution in [0.25, 0.3) is 23.4 Å². The van der Waals surface area contributed by atoms with E-state index in [2.05, 4.69) is 16.5 Å². The van der Waals surface area contributed by atoms with Gasteiger partial charge in [0, 0.05) is 23.3 Å². The standard InChI is InChI=1S/C19H16Cl2N2O/c1-2-23-12-18(16-9-6-14(20)11-17(16)21)22-19(23)10-5-13-3-7-15(24)8-4-13/h3-12,24H,2H2,1H3. The highest BCUT2D eigenvalue weighted by Gasteiger charge is 2.10. The maximum absolute atomic E-state index is 9.34. The summed E-state index contributed by atoms with van der Waals surface area (Å²) in [6, 6.07) is 12.4. The maximum Gasteiger partial charge on any atom is 0.133 e. The Hall–Kier alpha value is -2.23. The van der Waals surface area contributed by atoms with Crippen molar-refractivity contribution in [2.75, 3.05) is 0 Å². The number of phenols is 1. The topological polar surface area (TPSA) is 38.0 Å². The first-order valence-electron chi connectivity index (χ1n) is 7.56. The van der Waals surface area contributed by atoms with E-state index in [0.717, 1.165) is 29.2 Å². The van der Waals surface area contributed by atoms with Crippen LogP contribution in [0.4, 0.5) is 0 Å². The first-order chi connectivity index (χ1) is 11.6. The molecular formula is C19H16Cl2N2O. The number of rotatable bonds is 4. The molecule has 3 nitrogen and oxygen atoms in total. The number of halogens is 2. The van der Waals surface area contributed by atoms with E-state index in [9.17, 15) is 5.11 Å². The first-order valence-corrected chi connectivity index (χ1v) is 8.32. The van der Waals surface area contributed by atoms with Gasteiger partial charge in [-0.15, -0.1) is 0 Å². The lowest BCUT2D eigenvalue weighted by Gasteiger charge is -2.00. The summed E-state index contributed by atoms with van der Waals surface area (Å²) in [5.41, 5.74) is 2.65. The highest BCUT2D eigenvalue weighted by Crippen LogP contribution is 2.30. The largest absolute Gasteiger partial charge is 0.508 e. The molecule has 0 spiro atoms. The molecule has 3 aromatic rings. The fourth-order valence-electron chi connectivity index (χ4n) is 2.40. The van der Waals surface area contributed by atoms with Crippen LogP contribution in [0.3, 0.4) is 0 Å². The third-order valence-corrected chi connectivity index (χ3v) is 4.22. The van der Waals surface area contributed by atoms with E-state index in [1.807, 2.05) is 36.5 Å². The van der Waals surface area contributed by atoms with E-state index in [0.29, 0.717) is 10.0 Å². The van der Waals surface area contributed by atoms with Crippen LogP contribution in [-0.4, -0.2) is 14.7 Å². The fourth-order valence-corrected chi connectivity index (χ4v) is 2.91. The van der Waals surface area contributed by atoms with Crippen LogP contribution < -0.4 is 0 Å². The molecular weight excluding hydrogens is 343 g/mol. The molecule has 0 atom stereocenters. The number of benzene rings is 2. The van der Waals surface area contributed by atoms with Gasteiger partial charge in [-0.3, -0.25) is 0 Å². The summed E-state index contributed by atoms with van der Waals surface area (Å²) in [4.78, 5) is 4.67. The Balaban J connectivity index is 1.94. The first kappa shape index (κ1) is 16.6. The van der Waals surface area contributed by atoms with Gasteiger partial charge in [0.05, 0.1) is 10.7 Å². The number of hydrogen-bond acceptors (Lipinski definition) is 2. The van der Waals surface area contributed by atoms with Gasteiger partial charge in [0.1, 0.15) is 11.6 Å². The van der Waals surface area contributed by atoms with E-state index in [-0.39, 0.29) is 5.75 Å². The van der Waals surface area contributed by atoms with Crippen molar-refractivity contribution < 1.29 is 5.11 Å². The number of aryl methyl sites for hydroxylation is 1. The lowest BCUT2D eigenvalue weighted by Crippen LogP contribution is -1.94. The molecule has 0 fully saturated rings. The Morgan fingerprint density at radius 3 is 2.50 bits per heavy atom. The van der Waals surface area contributed by atoms with Gasteiger partial charge in [-0.2, -0.15) is 0 Å². The monoisotopic (exact) mass is 358 g/mol. The van der Waals surface area contributed by atoms with Gasteiger partial charge in [0.2, 0.25) is 0 Å². The van der Waals surface area contributed by atoms with Crippen molar-refractivity contribution in [1.82, 2.24) is 9.55 Å². The van der Waals surface area contributed by atoms with Crippen LogP contribution in [-0.2, 0) is 6.54 Å². The van der Waals surface area contributed by atoms with E-state index < -0.39 is 0 Å². The second-order valence-electron chi connectivity index (χ2n) is 5.32. The zero-order valence-corrected chi connectivity index (χ0v) is 14.6. The normalized spacial score (nSPS) is 11.3. The summed E-state index contributed by atoms with van der Waals surface area (Å²) in [6.45, 7) is 2.86. The quantitative estimate of drug-likeness (QED) is 0.644. The van der Waals surface area contributed by atoms with Crippen LogP contribution >= 0.6 is 23.2 Å². The molecule has 1 heterocycles. The lowest BCUT2D eigenvalue weighted by atomic mass is 10.2. The van der Waals surface area contributed by atoms with Crippen molar-refractivity contribution in [2.24, 2.45) is 0 Å². The highest BCUT2D eigenvalue weighted by atomic mass is 35.5. The molecule has 0 aliphatic heterocycles. The SMILES string of the molecule is CCn1cc(-c2ccc(Cl)cc2Cl)nc1C=Cc1ccc(O)cc1. The third kappa shape index (κ3) is 3.64. The molecule has 1 N–H and O–H groups in total. The molecule has 3 rings (SSSR count). The number of hydrogen-bond donors (Lipinski definition) is 1. The molecule has 2 aromatic carbocycles. The molecule has 122 valence electrons. The molecule has 0 amide bonds. The number of aromatic hydroxyl groups is 1. The maximum atomic E-state index is 9.34. The van der Waals surface area contributed by atoms with Gasteiger partial charge in [0.15, 0.2) is 0 Å². The Kier molecular flexibility index (Phi) is 4.93. The van der Waals surface area contributed by atoms with Crippen molar-refractivity contribution in [1.29, 1.82) is 0 Å². The number of phenolic OH excluding ortho intramolecular Hbond substituents is 1. The zero-order valence-electron chi connectivity index (χ0n) is 13.1. The van der Waals surface area contributed by atoms with Gasteiger partial charge in [-0.1, -0.05) is 41.4 Å². The van der Waals surface area contributed by atoms with E-state index in [1.165, 1.54) is 0 Å². The van der Waals surface area contributed by atoms with Crippen molar-refractivity contribution in [3.63, 3.8) is 0 Å². The van der Waals surface area contributed by atoms with Crippen LogP contribution in [0.15, 0.2) is 48.7 Å². The van der Waals surface area contributed by atoms with E-state index in [1.54, 1.807) is 24.3 Å². The van der Waals surface area contributed by atoms with Gasteiger partial charge in [-0.25, -0.2) is 4.98 Å². The zero-order chi connectivity index (χ0) is 17.1. The predicted octanol–water partition coefficient (Wildman–Crippen LogP) is 5.75. The minimum absolute atomic E-state index is 0.252. The van der Waals surface area contributed by atoms with Crippen molar-refractivity contribution in [2.45, 2.75) is 13.5 Å². The summed E-state index contributed by atoms with van der Waals surface area (Å²) in [5, 5.41) is 10.5. The Bertz CT molecular complexity index is 883. The van der Waals surface area contributed by atoms with Gasteiger partial charge >= 0.3 is 0 Å². The van der Waals surface area contributed by atoms with E-state index >= 15 is 0 Å². The molecule has 0 aliphatic rings. The number of aromatic nitrogens is 2. The summed E-state index contributed by atoms with van der Waals surface area (Å²) in [6.07, 6.45) is 5.88. The van der Waals surface area contributed by atoms with Crippen LogP contribution in [0.1, 0.15) is 18.3 Å². The predicted molar refractivity (Wildman–Crippen MR) is 100 cm³/mol. The van der Waals surface area contributed by atoms with Crippen LogP contribution in [0, 0.1) is 0 Å². The Morgan fingerprint density at radius 2 is 1.83 bits per heavy atom. The smallest absolute Gasteiger partial charge is 0.133 e. The van der Waals surface area contributed by atoms with Crippen LogP contribution in [0.5, 0.6) is 5.75 Å².